The lowest BCUT2D eigenvalue weighted by Crippen LogP contribution is -2.31. The number of hydrogen-bond acceptors (Lipinski definition) is 2. The maximum absolute atomic E-state index is 13.1. The zero-order valence-electron chi connectivity index (χ0n) is 9.04. The van der Waals surface area contributed by atoms with Crippen LogP contribution < -0.4 is 5.32 Å². The van der Waals surface area contributed by atoms with Crippen molar-refractivity contribution in [1.29, 1.82) is 0 Å². The van der Waals surface area contributed by atoms with Crippen LogP contribution in [0.4, 0.5) is 4.39 Å². The van der Waals surface area contributed by atoms with Crippen molar-refractivity contribution in [3.05, 3.63) is 34.6 Å². The number of halogens is 2. The summed E-state index contributed by atoms with van der Waals surface area (Å²) in [7, 11) is 0. The Morgan fingerprint density at radius 3 is 2.71 bits per heavy atom. The average molecular weight is 260 g/mol. The van der Waals surface area contributed by atoms with Gasteiger partial charge in [0, 0.05) is 12.1 Å². The van der Waals surface area contributed by atoms with E-state index in [9.17, 15) is 14.0 Å². The molecule has 2 N–H and O–H groups in total. The van der Waals surface area contributed by atoms with Crippen LogP contribution in [0, 0.1) is 11.7 Å². The molecule has 0 saturated carbocycles. The SMILES string of the molecule is CC(CNC(=O)c1ccc(Cl)c(F)c1)C(=O)O. The van der Waals surface area contributed by atoms with Crippen molar-refractivity contribution < 1.29 is 19.1 Å². The van der Waals surface area contributed by atoms with Crippen molar-refractivity contribution >= 4 is 23.5 Å². The Morgan fingerprint density at radius 1 is 1.53 bits per heavy atom. The third-order valence-corrected chi connectivity index (χ3v) is 2.48. The molecule has 92 valence electrons. The predicted molar refractivity (Wildman–Crippen MR) is 60.5 cm³/mol. The minimum absolute atomic E-state index is 0.0155. The second-order valence-corrected chi connectivity index (χ2v) is 3.99. The summed E-state index contributed by atoms with van der Waals surface area (Å²) in [5.41, 5.74) is 0.101. The Kier molecular flexibility index (Phi) is 4.45. The minimum Gasteiger partial charge on any atom is -0.481 e. The molecule has 0 radical (unpaired) electrons. The van der Waals surface area contributed by atoms with Crippen molar-refractivity contribution in [3.8, 4) is 0 Å². The second kappa shape index (κ2) is 5.63. The summed E-state index contributed by atoms with van der Waals surface area (Å²) in [4.78, 5) is 22.0. The zero-order chi connectivity index (χ0) is 13.0. The van der Waals surface area contributed by atoms with E-state index < -0.39 is 23.6 Å². The number of benzene rings is 1. The van der Waals surface area contributed by atoms with E-state index in [1.807, 2.05) is 0 Å². The van der Waals surface area contributed by atoms with Crippen LogP contribution >= 0.6 is 11.6 Å². The van der Waals surface area contributed by atoms with Gasteiger partial charge in [0.25, 0.3) is 5.91 Å². The highest BCUT2D eigenvalue weighted by molar-refractivity contribution is 6.30. The van der Waals surface area contributed by atoms with Crippen LogP contribution in [0.2, 0.25) is 5.02 Å². The van der Waals surface area contributed by atoms with E-state index in [-0.39, 0.29) is 17.1 Å². The maximum Gasteiger partial charge on any atom is 0.308 e. The molecule has 1 aromatic carbocycles. The van der Waals surface area contributed by atoms with Gasteiger partial charge in [-0.15, -0.1) is 0 Å². The highest BCUT2D eigenvalue weighted by Crippen LogP contribution is 2.15. The van der Waals surface area contributed by atoms with Crippen molar-refractivity contribution in [3.63, 3.8) is 0 Å². The van der Waals surface area contributed by atoms with Gasteiger partial charge < -0.3 is 10.4 Å². The van der Waals surface area contributed by atoms with Gasteiger partial charge in [-0.1, -0.05) is 18.5 Å². The fourth-order valence-corrected chi connectivity index (χ4v) is 1.19. The average Bonchev–Trinajstić information content (AvgIpc) is 2.28. The molecule has 0 saturated heterocycles. The van der Waals surface area contributed by atoms with Crippen LogP contribution in [0.5, 0.6) is 0 Å². The Balaban J connectivity index is 2.64. The predicted octanol–water partition coefficient (Wildman–Crippen LogP) is 1.93. The van der Waals surface area contributed by atoms with E-state index in [0.717, 1.165) is 6.07 Å². The number of rotatable bonds is 4. The van der Waals surface area contributed by atoms with Crippen LogP contribution in [-0.2, 0) is 4.79 Å². The Morgan fingerprint density at radius 2 is 2.18 bits per heavy atom. The lowest BCUT2D eigenvalue weighted by atomic mass is 10.1. The maximum atomic E-state index is 13.1. The highest BCUT2D eigenvalue weighted by Gasteiger charge is 2.13. The van der Waals surface area contributed by atoms with Crippen molar-refractivity contribution in [1.82, 2.24) is 5.32 Å². The number of carboxylic acids is 1. The van der Waals surface area contributed by atoms with Gasteiger partial charge in [0.2, 0.25) is 0 Å². The molecule has 0 aliphatic heterocycles. The summed E-state index contributed by atoms with van der Waals surface area (Å²) in [6.45, 7) is 1.45. The Hall–Kier alpha value is -1.62. The number of carboxylic acid groups (broad SMARTS) is 1. The molecular formula is C11H11ClFNO3. The normalized spacial score (nSPS) is 11.9. The first-order valence-corrected chi connectivity index (χ1v) is 5.25. The molecule has 17 heavy (non-hydrogen) atoms. The first-order chi connectivity index (χ1) is 7.91. The first-order valence-electron chi connectivity index (χ1n) is 4.88. The molecule has 0 bridgehead atoms. The number of hydrogen-bond donors (Lipinski definition) is 2. The third-order valence-electron chi connectivity index (χ3n) is 2.17. The van der Waals surface area contributed by atoms with E-state index in [0.29, 0.717) is 0 Å². The molecule has 1 atom stereocenters. The summed E-state index contributed by atoms with van der Waals surface area (Å²) >= 11 is 5.47. The molecule has 4 nitrogen and oxygen atoms in total. The first kappa shape index (κ1) is 13.4. The van der Waals surface area contributed by atoms with Crippen molar-refractivity contribution in [2.45, 2.75) is 6.92 Å². The van der Waals surface area contributed by atoms with Gasteiger partial charge in [0.05, 0.1) is 10.9 Å². The summed E-state index contributed by atoms with van der Waals surface area (Å²) in [6.07, 6.45) is 0. The Labute approximate surface area is 102 Å². The van der Waals surface area contributed by atoms with Gasteiger partial charge in [0.1, 0.15) is 5.82 Å². The summed E-state index contributed by atoms with van der Waals surface area (Å²) < 4.78 is 13.1. The van der Waals surface area contributed by atoms with Gasteiger partial charge in [-0.25, -0.2) is 4.39 Å². The smallest absolute Gasteiger partial charge is 0.308 e. The zero-order valence-corrected chi connectivity index (χ0v) is 9.79. The molecule has 1 amide bonds. The standard InChI is InChI=1S/C11H11ClFNO3/c1-6(11(16)17)5-14-10(15)7-2-3-8(12)9(13)4-7/h2-4,6H,5H2,1H3,(H,14,15)(H,16,17). The molecule has 0 heterocycles. The molecule has 0 aliphatic carbocycles. The number of amides is 1. The topological polar surface area (TPSA) is 66.4 Å². The van der Waals surface area contributed by atoms with Crippen LogP contribution in [-0.4, -0.2) is 23.5 Å². The van der Waals surface area contributed by atoms with Gasteiger partial charge in [-0.05, 0) is 18.2 Å². The number of aliphatic carboxylic acids is 1. The van der Waals surface area contributed by atoms with Gasteiger partial charge in [-0.3, -0.25) is 9.59 Å². The summed E-state index contributed by atoms with van der Waals surface area (Å²) in [5, 5.41) is 10.9. The van der Waals surface area contributed by atoms with Crippen molar-refractivity contribution in [2.24, 2.45) is 5.92 Å². The molecule has 1 rings (SSSR count). The van der Waals surface area contributed by atoms with E-state index in [4.69, 9.17) is 16.7 Å². The van der Waals surface area contributed by atoms with Crippen LogP contribution in [0.25, 0.3) is 0 Å². The molecule has 0 aliphatic rings. The molecule has 0 spiro atoms. The van der Waals surface area contributed by atoms with Gasteiger partial charge in [-0.2, -0.15) is 0 Å². The monoisotopic (exact) mass is 259 g/mol. The van der Waals surface area contributed by atoms with E-state index >= 15 is 0 Å². The highest BCUT2D eigenvalue weighted by atomic mass is 35.5. The molecule has 0 fully saturated rings. The van der Waals surface area contributed by atoms with E-state index in [2.05, 4.69) is 5.32 Å². The lowest BCUT2D eigenvalue weighted by molar-refractivity contribution is -0.140. The minimum atomic E-state index is -1.01. The third kappa shape index (κ3) is 3.71. The Bertz CT molecular complexity index is 450. The number of carbonyl (C=O) groups is 2. The fourth-order valence-electron chi connectivity index (χ4n) is 1.07. The molecule has 0 aromatic heterocycles. The fraction of sp³-hybridized carbons (Fsp3) is 0.273. The second-order valence-electron chi connectivity index (χ2n) is 3.58. The van der Waals surface area contributed by atoms with Gasteiger partial charge >= 0.3 is 5.97 Å². The molecule has 1 aromatic rings. The largest absolute Gasteiger partial charge is 0.481 e. The van der Waals surface area contributed by atoms with Crippen LogP contribution in [0.15, 0.2) is 18.2 Å². The molecular weight excluding hydrogens is 249 g/mol. The van der Waals surface area contributed by atoms with Crippen molar-refractivity contribution in [2.75, 3.05) is 6.54 Å². The van der Waals surface area contributed by atoms with Crippen LogP contribution in [0.1, 0.15) is 17.3 Å². The quantitative estimate of drug-likeness (QED) is 0.868. The summed E-state index contributed by atoms with van der Waals surface area (Å²) in [6, 6.07) is 3.64. The van der Waals surface area contributed by atoms with Gasteiger partial charge in [0.15, 0.2) is 0 Å². The molecule has 1 unspecified atom stereocenters. The lowest BCUT2D eigenvalue weighted by Gasteiger charge is -2.08. The number of carbonyl (C=O) groups excluding carboxylic acids is 1. The van der Waals surface area contributed by atoms with Crippen LogP contribution in [0.3, 0.4) is 0 Å². The molecule has 6 heteroatoms. The number of nitrogens with one attached hydrogen (secondary N) is 1. The summed E-state index contributed by atoms with van der Waals surface area (Å²) in [5.74, 6) is -2.93. The van der Waals surface area contributed by atoms with E-state index in [1.54, 1.807) is 0 Å². The van der Waals surface area contributed by atoms with E-state index in [1.165, 1.54) is 19.1 Å².